The Morgan fingerprint density at radius 1 is 0.800 bits per heavy atom. The molecule has 2 aromatic carbocycles. The minimum absolute atomic E-state index is 0.876. The molecule has 0 N–H and O–H groups in total. The highest BCUT2D eigenvalue weighted by atomic mass is 32.1. The number of hydrogen-bond acceptors (Lipinski definition) is 6. The van der Waals surface area contributed by atoms with Crippen LogP contribution >= 0.6 is 11.3 Å². The smallest absolute Gasteiger partial charge is 0.141 e. The van der Waals surface area contributed by atoms with Gasteiger partial charge in [0, 0.05) is 56.3 Å². The highest BCUT2D eigenvalue weighted by Crippen LogP contribution is 2.39. The van der Waals surface area contributed by atoms with Crippen molar-refractivity contribution in [3.8, 4) is 0 Å². The minimum Gasteiger partial charge on any atom is -0.368 e. The maximum Gasteiger partial charge on any atom is 0.141 e. The Balaban J connectivity index is 1.32. The third-order valence-corrected chi connectivity index (χ3v) is 8.55. The number of piperazine rings is 1. The summed E-state index contributed by atoms with van der Waals surface area (Å²) in [5, 5.41) is 1.33. The van der Waals surface area contributed by atoms with Crippen LogP contribution in [0.3, 0.4) is 0 Å². The van der Waals surface area contributed by atoms with Crippen LogP contribution in [0.25, 0.3) is 10.2 Å². The number of hydrogen-bond donors (Lipinski definition) is 0. The fourth-order valence-corrected chi connectivity index (χ4v) is 6.67. The first kappa shape index (κ1) is 22.5. The van der Waals surface area contributed by atoms with E-state index in [0.717, 1.165) is 70.9 Å². The lowest BCUT2D eigenvalue weighted by molar-refractivity contribution is 0.272. The highest BCUT2D eigenvalue weighted by molar-refractivity contribution is 7.19. The van der Waals surface area contributed by atoms with Crippen molar-refractivity contribution in [3.05, 3.63) is 82.5 Å². The normalized spacial score (nSPS) is 16.6. The van der Waals surface area contributed by atoms with Crippen LogP contribution in [-0.4, -0.2) is 54.1 Å². The van der Waals surface area contributed by atoms with Gasteiger partial charge in [0.2, 0.25) is 0 Å². The van der Waals surface area contributed by atoms with Crippen LogP contribution in [0.1, 0.15) is 28.8 Å². The number of aryl methyl sites for hydroxylation is 2. The lowest BCUT2D eigenvalue weighted by atomic mass is 10.0. The number of aromatic nitrogens is 2. The maximum absolute atomic E-state index is 5.25. The monoisotopic (exact) mass is 483 g/mol. The molecule has 2 aliphatic rings. The number of anilines is 2. The van der Waals surface area contributed by atoms with Crippen LogP contribution in [0.4, 0.5) is 11.5 Å². The van der Waals surface area contributed by atoms with Crippen molar-refractivity contribution >= 4 is 33.1 Å². The predicted molar refractivity (Wildman–Crippen MR) is 147 cm³/mol. The molecule has 0 amide bonds. The first-order valence-electron chi connectivity index (χ1n) is 12.9. The second kappa shape index (κ2) is 9.96. The van der Waals surface area contributed by atoms with Crippen LogP contribution in [0.5, 0.6) is 0 Å². The van der Waals surface area contributed by atoms with Crippen molar-refractivity contribution in [1.82, 2.24) is 14.9 Å². The van der Waals surface area contributed by atoms with Gasteiger partial charge in [-0.05, 0) is 42.6 Å². The lowest BCUT2D eigenvalue weighted by Crippen LogP contribution is -2.47. The van der Waals surface area contributed by atoms with Gasteiger partial charge in [-0.25, -0.2) is 9.97 Å². The molecule has 0 aliphatic carbocycles. The zero-order valence-corrected chi connectivity index (χ0v) is 21.3. The second-order valence-electron chi connectivity index (χ2n) is 9.56. The lowest BCUT2D eigenvalue weighted by Gasteiger charge is -2.37. The third-order valence-electron chi connectivity index (χ3n) is 7.43. The van der Waals surface area contributed by atoms with Crippen molar-refractivity contribution in [1.29, 1.82) is 0 Å². The van der Waals surface area contributed by atoms with Gasteiger partial charge >= 0.3 is 0 Å². The van der Waals surface area contributed by atoms with E-state index in [0.29, 0.717) is 0 Å². The molecule has 6 rings (SSSR count). The molecule has 0 spiro atoms. The fourth-order valence-electron chi connectivity index (χ4n) is 5.40. The molecule has 1 saturated heterocycles. The van der Waals surface area contributed by atoms with E-state index in [9.17, 15) is 0 Å². The Hall–Kier alpha value is -2.96. The molecule has 4 aromatic rings. The topological polar surface area (TPSA) is 35.5 Å². The molecular weight excluding hydrogens is 450 g/mol. The number of nitrogens with zero attached hydrogens (tertiary/aromatic N) is 5. The number of para-hydroxylation sites is 1. The average Bonchev–Trinajstić information content (AvgIpc) is 3.30. The van der Waals surface area contributed by atoms with Gasteiger partial charge in [-0.2, -0.15) is 0 Å². The fraction of sp³-hybridized carbons (Fsp3) is 0.379. The van der Waals surface area contributed by atoms with Crippen molar-refractivity contribution in [2.45, 2.75) is 32.7 Å². The first-order valence-corrected chi connectivity index (χ1v) is 13.7. The molecule has 6 heteroatoms. The molecule has 0 unspecified atom stereocenters. The SMILES string of the molecule is CCN1CCc2c(sc3nc(CCc4ccccc4)nc(N4CCN(c5ccccc5)CC4)c23)C1. The minimum atomic E-state index is 0.876. The molecule has 5 nitrogen and oxygen atoms in total. The largest absolute Gasteiger partial charge is 0.368 e. The zero-order valence-electron chi connectivity index (χ0n) is 20.5. The van der Waals surface area contributed by atoms with Crippen LogP contribution < -0.4 is 9.80 Å². The van der Waals surface area contributed by atoms with Gasteiger partial charge in [-0.1, -0.05) is 55.5 Å². The van der Waals surface area contributed by atoms with Crippen molar-refractivity contribution in [2.24, 2.45) is 0 Å². The molecular formula is C29H33N5S. The average molecular weight is 484 g/mol. The Labute approximate surface area is 212 Å². The number of likely N-dealkylation sites (N-methyl/N-ethyl adjacent to an activating group) is 1. The van der Waals surface area contributed by atoms with Crippen LogP contribution in [0, 0.1) is 0 Å². The summed E-state index contributed by atoms with van der Waals surface area (Å²) in [6.07, 6.45) is 2.95. The highest BCUT2D eigenvalue weighted by Gasteiger charge is 2.27. The van der Waals surface area contributed by atoms with Gasteiger partial charge in [0.1, 0.15) is 16.5 Å². The molecule has 2 aliphatic heterocycles. The maximum atomic E-state index is 5.25. The standard InChI is InChI=1S/C29H33N5S/c1-2-32-16-15-24-25(21-32)35-29-27(24)28(30-26(31-29)14-13-22-9-5-3-6-10-22)34-19-17-33(18-20-34)23-11-7-4-8-12-23/h3-12H,2,13-21H2,1H3. The van der Waals surface area contributed by atoms with Gasteiger partial charge in [0.25, 0.3) is 0 Å². The molecule has 0 bridgehead atoms. The van der Waals surface area contributed by atoms with E-state index < -0.39 is 0 Å². The third kappa shape index (κ3) is 4.65. The van der Waals surface area contributed by atoms with Crippen LogP contribution in [-0.2, 0) is 25.8 Å². The first-order chi connectivity index (χ1) is 17.3. The number of rotatable bonds is 6. The number of fused-ring (bicyclic) bond motifs is 3. The summed E-state index contributed by atoms with van der Waals surface area (Å²) >= 11 is 1.90. The second-order valence-corrected chi connectivity index (χ2v) is 10.6. The van der Waals surface area contributed by atoms with E-state index in [1.807, 2.05) is 11.3 Å². The van der Waals surface area contributed by atoms with E-state index in [2.05, 4.69) is 82.3 Å². The predicted octanol–water partition coefficient (Wildman–Crippen LogP) is 5.18. The summed E-state index contributed by atoms with van der Waals surface area (Å²) in [6.45, 7) is 9.57. The summed E-state index contributed by atoms with van der Waals surface area (Å²) in [7, 11) is 0. The van der Waals surface area contributed by atoms with E-state index in [1.165, 1.54) is 37.7 Å². The van der Waals surface area contributed by atoms with E-state index in [1.54, 1.807) is 0 Å². The van der Waals surface area contributed by atoms with Crippen LogP contribution in [0.15, 0.2) is 60.7 Å². The van der Waals surface area contributed by atoms with Crippen LogP contribution in [0.2, 0.25) is 0 Å². The Kier molecular flexibility index (Phi) is 6.40. The van der Waals surface area contributed by atoms with E-state index in [-0.39, 0.29) is 0 Å². The van der Waals surface area contributed by atoms with Gasteiger partial charge < -0.3 is 9.80 Å². The number of benzene rings is 2. The molecule has 2 aromatic heterocycles. The summed E-state index contributed by atoms with van der Waals surface area (Å²) in [6, 6.07) is 21.5. The van der Waals surface area contributed by atoms with Crippen molar-refractivity contribution < 1.29 is 0 Å². The summed E-state index contributed by atoms with van der Waals surface area (Å²) < 4.78 is 0. The molecule has 0 atom stereocenters. The van der Waals surface area contributed by atoms with Gasteiger partial charge in [-0.15, -0.1) is 11.3 Å². The summed E-state index contributed by atoms with van der Waals surface area (Å²) in [4.78, 5) is 20.6. The van der Waals surface area contributed by atoms with E-state index >= 15 is 0 Å². The zero-order chi connectivity index (χ0) is 23.6. The Morgan fingerprint density at radius 2 is 1.51 bits per heavy atom. The van der Waals surface area contributed by atoms with Gasteiger partial charge in [0.05, 0.1) is 5.39 Å². The number of thiophene rings is 1. The van der Waals surface area contributed by atoms with E-state index in [4.69, 9.17) is 9.97 Å². The summed E-state index contributed by atoms with van der Waals surface area (Å²) in [5.74, 6) is 2.15. The van der Waals surface area contributed by atoms with Gasteiger partial charge in [0.15, 0.2) is 0 Å². The summed E-state index contributed by atoms with van der Waals surface area (Å²) in [5.41, 5.74) is 4.17. The molecule has 4 heterocycles. The van der Waals surface area contributed by atoms with Crippen molar-refractivity contribution in [2.75, 3.05) is 49.1 Å². The van der Waals surface area contributed by atoms with Gasteiger partial charge in [-0.3, -0.25) is 4.90 Å². The van der Waals surface area contributed by atoms with Crippen molar-refractivity contribution in [3.63, 3.8) is 0 Å². The Morgan fingerprint density at radius 3 is 2.26 bits per heavy atom. The molecule has 35 heavy (non-hydrogen) atoms. The molecule has 0 saturated carbocycles. The molecule has 0 radical (unpaired) electrons. The molecule has 1 fully saturated rings. The quantitative estimate of drug-likeness (QED) is 0.378. The Bertz CT molecular complexity index is 1280. The molecule has 180 valence electrons.